The molecule has 2 heterocycles. The third-order valence-corrected chi connectivity index (χ3v) is 5.55. The maximum atomic E-state index is 12.5. The number of hydrogen-bond acceptors (Lipinski definition) is 4. The monoisotopic (exact) mass is 397 g/mol. The zero-order chi connectivity index (χ0) is 18.7. The first kappa shape index (κ1) is 18.6. The van der Waals surface area contributed by atoms with Crippen LogP contribution in [0.1, 0.15) is 37.3 Å². The van der Waals surface area contributed by atoms with E-state index in [-0.39, 0.29) is 12.1 Å². The number of benzene rings is 1. The van der Waals surface area contributed by atoms with Gasteiger partial charge in [0.05, 0.1) is 12.1 Å². The summed E-state index contributed by atoms with van der Waals surface area (Å²) in [7, 11) is 0. The van der Waals surface area contributed by atoms with Crippen LogP contribution in [0.3, 0.4) is 0 Å². The van der Waals surface area contributed by atoms with E-state index in [0.29, 0.717) is 0 Å². The highest BCUT2D eigenvalue weighted by molar-refractivity contribution is 7.12. The molecule has 0 saturated carbocycles. The number of thiophene rings is 2. The van der Waals surface area contributed by atoms with Crippen LogP contribution in [0.25, 0.3) is 0 Å². The largest absolute Gasteiger partial charge is 0.416 e. The Kier molecular flexibility index (Phi) is 5.45. The molecule has 0 bridgehead atoms. The number of rotatable bonds is 5. The lowest BCUT2D eigenvalue weighted by molar-refractivity contribution is -0.137. The number of aliphatic hydroxyl groups excluding tert-OH is 1. The van der Waals surface area contributed by atoms with Gasteiger partial charge in [0, 0.05) is 15.3 Å². The van der Waals surface area contributed by atoms with E-state index in [9.17, 15) is 23.1 Å². The van der Waals surface area contributed by atoms with Gasteiger partial charge in [-0.05, 0) is 58.8 Å². The van der Waals surface area contributed by atoms with Crippen LogP contribution in [0, 0.1) is 0 Å². The van der Waals surface area contributed by atoms with Crippen LogP contribution in [-0.4, -0.2) is 11.0 Å². The van der Waals surface area contributed by atoms with Crippen LogP contribution in [0.4, 0.5) is 13.2 Å². The summed E-state index contributed by atoms with van der Waals surface area (Å²) in [5.41, 5.74) is 0.185. The smallest absolute Gasteiger partial charge is 0.383 e. The first-order valence-electron chi connectivity index (χ1n) is 7.59. The molecule has 136 valence electrons. The van der Waals surface area contributed by atoms with E-state index < -0.39 is 23.8 Å². The fourth-order valence-electron chi connectivity index (χ4n) is 2.31. The minimum atomic E-state index is -4.42. The molecule has 1 aromatic carbocycles. The topological polar surface area (TPSA) is 49.3 Å². The van der Waals surface area contributed by atoms with Gasteiger partial charge >= 0.3 is 6.18 Å². The molecule has 0 fully saturated rings. The number of amides is 1. The normalized spacial score (nSPS) is 12.8. The van der Waals surface area contributed by atoms with E-state index >= 15 is 0 Å². The van der Waals surface area contributed by atoms with Crippen molar-refractivity contribution in [1.82, 2.24) is 5.32 Å². The Bertz CT molecular complexity index is 871. The molecule has 0 aliphatic carbocycles. The maximum Gasteiger partial charge on any atom is 0.416 e. The molecular weight excluding hydrogens is 383 g/mol. The Morgan fingerprint density at radius 2 is 1.85 bits per heavy atom. The van der Waals surface area contributed by atoms with Crippen LogP contribution >= 0.6 is 22.7 Å². The number of nitrogens with one attached hydrogen (secondary N) is 1. The minimum Gasteiger partial charge on any atom is -0.383 e. The quantitative estimate of drug-likeness (QED) is 0.647. The number of hydrogen-bond donors (Lipinski definition) is 2. The molecule has 0 aliphatic rings. The van der Waals surface area contributed by atoms with Gasteiger partial charge in [-0.1, -0.05) is 0 Å². The minimum absolute atomic E-state index is 0.160. The van der Waals surface area contributed by atoms with Crippen LogP contribution in [-0.2, 0) is 12.7 Å². The van der Waals surface area contributed by atoms with E-state index in [0.717, 1.165) is 39.6 Å². The molecule has 3 nitrogen and oxygen atoms in total. The summed E-state index contributed by atoms with van der Waals surface area (Å²) < 4.78 is 37.6. The molecule has 0 aliphatic heterocycles. The highest BCUT2D eigenvalue weighted by Crippen LogP contribution is 2.30. The van der Waals surface area contributed by atoms with Crippen molar-refractivity contribution in [2.45, 2.75) is 18.8 Å². The molecule has 3 aromatic rings. The standard InChI is InChI=1S/C18H14F3NO2S2/c19-18(20,21)13-3-1-11(2-4-13)17(24)22-9-14-5-6-15(26-14)16(23)12-7-8-25-10-12/h1-8,10,16,23H,9H2,(H,22,24)/t16-/m0/s1. The summed E-state index contributed by atoms with van der Waals surface area (Å²) in [6.07, 6.45) is -5.13. The van der Waals surface area contributed by atoms with Gasteiger partial charge in [-0.15, -0.1) is 11.3 Å². The van der Waals surface area contributed by atoms with Gasteiger partial charge in [-0.2, -0.15) is 24.5 Å². The molecule has 0 radical (unpaired) electrons. The Hall–Kier alpha value is -2.16. The number of alkyl halides is 3. The van der Waals surface area contributed by atoms with E-state index in [1.54, 1.807) is 6.07 Å². The average molecular weight is 397 g/mol. The van der Waals surface area contributed by atoms with Crippen LogP contribution < -0.4 is 5.32 Å². The predicted molar refractivity (Wildman–Crippen MR) is 95.3 cm³/mol. The fourth-order valence-corrected chi connectivity index (χ4v) is 3.96. The molecule has 0 unspecified atom stereocenters. The van der Waals surface area contributed by atoms with Crippen molar-refractivity contribution in [3.05, 3.63) is 79.7 Å². The third-order valence-electron chi connectivity index (χ3n) is 3.71. The van der Waals surface area contributed by atoms with Crippen LogP contribution in [0.2, 0.25) is 0 Å². The first-order chi connectivity index (χ1) is 12.3. The summed E-state index contributed by atoms with van der Waals surface area (Å²) in [5.74, 6) is -0.452. The number of carbonyl (C=O) groups excluding carboxylic acids is 1. The van der Waals surface area contributed by atoms with E-state index in [4.69, 9.17) is 0 Å². The second-order valence-electron chi connectivity index (χ2n) is 5.52. The molecule has 8 heteroatoms. The summed E-state index contributed by atoms with van der Waals surface area (Å²) in [6.45, 7) is 0.237. The second kappa shape index (κ2) is 7.61. The van der Waals surface area contributed by atoms with Crippen LogP contribution in [0.15, 0.2) is 53.2 Å². The molecular formula is C18H14F3NO2S2. The Morgan fingerprint density at radius 3 is 2.46 bits per heavy atom. The molecule has 1 atom stereocenters. The van der Waals surface area contributed by atoms with Gasteiger partial charge in [0.15, 0.2) is 0 Å². The molecule has 1 amide bonds. The van der Waals surface area contributed by atoms with Gasteiger partial charge in [0.25, 0.3) is 5.91 Å². The van der Waals surface area contributed by atoms with Crippen LogP contribution in [0.5, 0.6) is 0 Å². The fraction of sp³-hybridized carbons (Fsp3) is 0.167. The summed E-state index contributed by atoms with van der Waals surface area (Å²) >= 11 is 2.87. The van der Waals surface area contributed by atoms with Crippen molar-refractivity contribution in [2.24, 2.45) is 0 Å². The number of aliphatic hydroxyl groups is 1. The maximum absolute atomic E-state index is 12.5. The van der Waals surface area contributed by atoms with Gasteiger partial charge < -0.3 is 10.4 Å². The van der Waals surface area contributed by atoms with Crippen molar-refractivity contribution in [3.8, 4) is 0 Å². The highest BCUT2D eigenvalue weighted by atomic mass is 32.1. The lowest BCUT2D eigenvalue weighted by Gasteiger charge is -2.08. The predicted octanol–water partition coefficient (Wildman–Crippen LogP) is 4.84. The van der Waals surface area contributed by atoms with Gasteiger partial charge in [0.2, 0.25) is 0 Å². The van der Waals surface area contributed by atoms with Crippen molar-refractivity contribution >= 4 is 28.6 Å². The Morgan fingerprint density at radius 1 is 1.12 bits per heavy atom. The zero-order valence-corrected chi connectivity index (χ0v) is 14.9. The molecule has 3 rings (SSSR count). The molecule has 0 saturated heterocycles. The zero-order valence-electron chi connectivity index (χ0n) is 13.3. The summed E-state index contributed by atoms with van der Waals surface area (Å²) in [5, 5.41) is 16.7. The van der Waals surface area contributed by atoms with Gasteiger partial charge in [-0.25, -0.2) is 0 Å². The third kappa shape index (κ3) is 4.32. The molecule has 2 aromatic heterocycles. The lowest BCUT2D eigenvalue weighted by atomic mass is 10.1. The lowest BCUT2D eigenvalue weighted by Crippen LogP contribution is -2.22. The Labute approximate surface area is 155 Å². The number of halogens is 3. The first-order valence-corrected chi connectivity index (χ1v) is 9.35. The van der Waals surface area contributed by atoms with Crippen molar-refractivity contribution in [2.75, 3.05) is 0 Å². The van der Waals surface area contributed by atoms with E-state index in [1.165, 1.54) is 22.7 Å². The summed E-state index contributed by atoms with van der Waals surface area (Å²) in [4.78, 5) is 13.7. The highest BCUT2D eigenvalue weighted by Gasteiger charge is 2.30. The Balaban J connectivity index is 1.60. The average Bonchev–Trinajstić information content (AvgIpc) is 3.30. The molecule has 2 N–H and O–H groups in total. The SMILES string of the molecule is O=C(NCc1ccc([C@@H](O)c2ccsc2)s1)c1ccc(C(F)(F)F)cc1. The number of carbonyl (C=O) groups is 1. The molecule has 26 heavy (non-hydrogen) atoms. The van der Waals surface area contributed by atoms with E-state index in [1.807, 2.05) is 22.9 Å². The molecule has 0 spiro atoms. The van der Waals surface area contributed by atoms with Gasteiger partial charge in [-0.3, -0.25) is 4.79 Å². The van der Waals surface area contributed by atoms with Crippen molar-refractivity contribution in [3.63, 3.8) is 0 Å². The summed E-state index contributed by atoms with van der Waals surface area (Å²) in [6, 6.07) is 9.53. The van der Waals surface area contributed by atoms with Crippen molar-refractivity contribution in [1.29, 1.82) is 0 Å². The van der Waals surface area contributed by atoms with E-state index in [2.05, 4.69) is 5.32 Å². The van der Waals surface area contributed by atoms with Gasteiger partial charge in [0.1, 0.15) is 6.10 Å². The van der Waals surface area contributed by atoms with Crippen molar-refractivity contribution < 1.29 is 23.1 Å². The second-order valence-corrected chi connectivity index (χ2v) is 7.50.